The first-order chi connectivity index (χ1) is 14.1. The Balaban J connectivity index is 1.33. The third-order valence-corrected chi connectivity index (χ3v) is 6.58. The highest BCUT2D eigenvalue weighted by Gasteiger charge is 2.44. The first kappa shape index (κ1) is 20.0. The minimum Gasteiger partial charge on any atom is -0.493 e. The van der Waals surface area contributed by atoms with E-state index in [2.05, 4.69) is 15.1 Å². The summed E-state index contributed by atoms with van der Waals surface area (Å²) in [5, 5.41) is 3.02. The van der Waals surface area contributed by atoms with E-state index >= 15 is 0 Å². The Bertz CT molecular complexity index is 768. The lowest BCUT2D eigenvalue weighted by Gasteiger charge is -2.52. The van der Waals surface area contributed by atoms with E-state index in [1.807, 2.05) is 18.2 Å². The van der Waals surface area contributed by atoms with E-state index in [-0.39, 0.29) is 5.91 Å². The summed E-state index contributed by atoms with van der Waals surface area (Å²) >= 11 is 0. The van der Waals surface area contributed by atoms with Crippen molar-refractivity contribution in [3.05, 3.63) is 23.8 Å². The van der Waals surface area contributed by atoms with Gasteiger partial charge in [-0.3, -0.25) is 14.5 Å². The average Bonchev–Trinajstić information content (AvgIpc) is 2.72. The van der Waals surface area contributed by atoms with E-state index in [1.165, 1.54) is 6.42 Å². The van der Waals surface area contributed by atoms with Crippen LogP contribution in [-0.2, 0) is 16.1 Å². The number of hydrogen-bond donors (Lipinski definition) is 1. The quantitative estimate of drug-likeness (QED) is 0.785. The number of fused-ring (bicyclic) bond motifs is 4. The van der Waals surface area contributed by atoms with Gasteiger partial charge < -0.3 is 19.7 Å². The summed E-state index contributed by atoms with van der Waals surface area (Å²) in [4.78, 5) is 29.3. The molecule has 3 saturated heterocycles. The van der Waals surface area contributed by atoms with Crippen LogP contribution in [0.3, 0.4) is 0 Å². The summed E-state index contributed by atoms with van der Waals surface area (Å²) in [5.41, 5.74) is 0.895. The predicted molar refractivity (Wildman–Crippen MR) is 109 cm³/mol. The molecular formula is C22H31N3O4. The lowest BCUT2D eigenvalue weighted by molar-refractivity contribution is -0.145. The molecule has 0 aliphatic carbocycles. The van der Waals surface area contributed by atoms with E-state index in [0.717, 1.165) is 38.0 Å². The van der Waals surface area contributed by atoms with Crippen LogP contribution in [0, 0.1) is 11.8 Å². The second-order valence-electron chi connectivity index (χ2n) is 8.49. The maximum absolute atomic E-state index is 12.6. The number of nitrogens with one attached hydrogen (secondary N) is 1. The molecule has 0 spiro atoms. The predicted octanol–water partition coefficient (Wildman–Crippen LogP) is 1.65. The van der Waals surface area contributed by atoms with Gasteiger partial charge in [0.15, 0.2) is 11.5 Å². The topological polar surface area (TPSA) is 71.1 Å². The number of methoxy groups -OCH3 is 2. The normalized spacial score (nSPS) is 26.6. The van der Waals surface area contributed by atoms with Gasteiger partial charge in [-0.15, -0.1) is 0 Å². The van der Waals surface area contributed by atoms with Gasteiger partial charge in [0.1, 0.15) is 0 Å². The lowest BCUT2D eigenvalue weighted by Crippen LogP contribution is -2.61. The molecule has 29 heavy (non-hydrogen) atoms. The van der Waals surface area contributed by atoms with Crippen molar-refractivity contribution < 1.29 is 19.1 Å². The fraction of sp³-hybridized carbons (Fsp3) is 0.636. The van der Waals surface area contributed by atoms with Crippen molar-refractivity contribution >= 4 is 11.8 Å². The molecule has 3 aliphatic heterocycles. The number of hydrogen-bond acceptors (Lipinski definition) is 5. The minimum absolute atomic E-state index is 0.0198. The molecule has 7 heteroatoms. The second-order valence-corrected chi connectivity index (χ2v) is 8.49. The Hall–Kier alpha value is -2.28. The SMILES string of the molecule is COc1cccc(CNC(=O)CN2C[C@H]3C[C@H](C2)[C@H]2CCCC(=O)N2C3)c1OC. The van der Waals surface area contributed by atoms with Crippen LogP contribution in [-0.4, -0.2) is 68.1 Å². The number of para-hydroxylation sites is 1. The second kappa shape index (κ2) is 8.61. The third kappa shape index (κ3) is 4.20. The highest BCUT2D eigenvalue weighted by atomic mass is 16.5. The van der Waals surface area contributed by atoms with Crippen LogP contribution in [0.25, 0.3) is 0 Å². The van der Waals surface area contributed by atoms with Gasteiger partial charge in [0.2, 0.25) is 11.8 Å². The Labute approximate surface area is 172 Å². The number of benzene rings is 1. The summed E-state index contributed by atoms with van der Waals surface area (Å²) < 4.78 is 10.8. The van der Waals surface area contributed by atoms with Crippen molar-refractivity contribution in [1.82, 2.24) is 15.1 Å². The molecule has 1 N–H and O–H groups in total. The number of ether oxygens (including phenoxy) is 2. The number of nitrogens with zero attached hydrogens (tertiary/aromatic N) is 2. The fourth-order valence-corrected chi connectivity index (χ4v) is 5.39. The number of rotatable bonds is 6. The van der Waals surface area contributed by atoms with Crippen LogP contribution >= 0.6 is 0 Å². The maximum Gasteiger partial charge on any atom is 0.234 e. The zero-order chi connectivity index (χ0) is 20.4. The first-order valence-electron chi connectivity index (χ1n) is 10.6. The smallest absolute Gasteiger partial charge is 0.234 e. The van der Waals surface area contributed by atoms with Gasteiger partial charge >= 0.3 is 0 Å². The molecule has 3 aliphatic rings. The van der Waals surface area contributed by atoms with E-state index in [4.69, 9.17) is 9.47 Å². The minimum atomic E-state index is 0.0198. The largest absolute Gasteiger partial charge is 0.493 e. The molecule has 1 aromatic rings. The van der Waals surface area contributed by atoms with Gasteiger partial charge in [0.25, 0.3) is 0 Å². The van der Waals surface area contributed by atoms with E-state index in [1.54, 1.807) is 14.2 Å². The van der Waals surface area contributed by atoms with Crippen LogP contribution in [0.5, 0.6) is 11.5 Å². The molecule has 2 amide bonds. The van der Waals surface area contributed by atoms with Crippen LogP contribution in [0.2, 0.25) is 0 Å². The summed E-state index contributed by atoms with van der Waals surface area (Å²) in [5.74, 6) is 2.65. The number of likely N-dealkylation sites (tertiary alicyclic amines) is 1. The molecule has 158 valence electrons. The number of carbonyl (C=O) groups excluding carboxylic acids is 2. The molecule has 0 radical (unpaired) electrons. The molecule has 3 atom stereocenters. The summed E-state index contributed by atoms with van der Waals surface area (Å²) in [7, 11) is 3.21. The molecular weight excluding hydrogens is 370 g/mol. The summed E-state index contributed by atoms with van der Waals surface area (Å²) in [6.45, 7) is 3.47. The molecule has 4 rings (SSSR count). The monoisotopic (exact) mass is 401 g/mol. The molecule has 0 unspecified atom stereocenters. The Morgan fingerprint density at radius 3 is 2.86 bits per heavy atom. The number of amides is 2. The molecule has 3 heterocycles. The van der Waals surface area contributed by atoms with Crippen LogP contribution in [0.1, 0.15) is 31.2 Å². The van der Waals surface area contributed by atoms with Crippen molar-refractivity contribution in [3.8, 4) is 11.5 Å². The van der Waals surface area contributed by atoms with Gasteiger partial charge in [-0.2, -0.15) is 0 Å². The highest BCUT2D eigenvalue weighted by Crippen LogP contribution is 2.37. The average molecular weight is 402 g/mol. The van der Waals surface area contributed by atoms with E-state index in [0.29, 0.717) is 54.8 Å². The van der Waals surface area contributed by atoms with Crippen LogP contribution < -0.4 is 14.8 Å². The fourth-order valence-electron chi connectivity index (χ4n) is 5.39. The van der Waals surface area contributed by atoms with Gasteiger partial charge in [0.05, 0.1) is 20.8 Å². The van der Waals surface area contributed by atoms with Gasteiger partial charge in [-0.1, -0.05) is 12.1 Å². The van der Waals surface area contributed by atoms with Crippen molar-refractivity contribution in [2.24, 2.45) is 11.8 Å². The number of piperidine rings is 3. The standard InChI is InChI=1S/C22H31N3O4/c1-28-19-7-3-5-16(22(19)29-2)10-23-20(26)14-24-11-15-9-17(13-24)18-6-4-8-21(27)25(18)12-15/h3,5,7,15,17-18H,4,6,8-14H2,1-2H3,(H,23,26)/t15-,17-,18-/m1/s1. The number of carbonyl (C=O) groups is 2. The zero-order valence-electron chi connectivity index (χ0n) is 17.4. The molecule has 0 saturated carbocycles. The van der Waals surface area contributed by atoms with Crippen LogP contribution in [0.15, 0.2) is 18.2 Å². The molecule has 1 aromatic carbocycles. The van der Waals surface area contributed by atoms with Gasteiger partial charge in [0, 0.05) is 44.2 Å². The maximum atomic E-state index is 12.6. The molecule has 7 nitrogen and oxygen atoms in total. The highest BCUT2D eigenvalue weighted by molar-refractivity contribution is 5.78. The van der Waals surface area contributed by atoms with Crippen molar-refractivity contribution in [3.63, 3.8) is 0 Å². The molecule has 3 fully saturated rings. The van der Waals surface area contributed by atoms with Crippen LogP contribution in [0.4, 0.5) is 0 Å². The van der Waals surface area contributed by atoms with E-state index < -0.39 is 0 Å². The Morgan fingerprint density at radius 2 is 2.07 bits per heavy atom. The molecule has 2 bridgehead atoms. The van der Waals surface area contributed by atoms with Crippen molar-refractivity contribution in [2.45, 2.75) is 38.3 Å². The summed E-state index contributed by atoms with van der Waals surface area (Å²) in [6, 6.07) is 6.04. The van der Waals surface area contributed by atoms with Gasteiger partial charge in [-0.25, -0.2) is 0 Å². The Morgan fingerprint density at radius 1 is 1.21 bits per heavy atom. The zero-order valence-corrected chi connectivity index (χ0v) is 17.4. The third-order valence-electron chi connectivity index (χ3n) is 6.58. The Kier molecular flexibility index (Phi) is 5.94. The lowest BCUT2D eigenvalue weighted by atomic mass is 9.76. The van der Waals surface area contributed by atoms with Gasteiger partial charge in [-0.05, 0) is 37.2 Å². The summed E-state index contributed by atoms with van der Waals surface area (Å²) in [6.07, 6.45) is 4.01. The van der Waals surface area contributed by atoms with Crippen molar-refractivity contribution in [2.75, 3.05) is 40.4 Å². The first-order valence-corrected chi connectivity index (χ1v) is 10.6. The molecule has 0 aromatic heterocycles. The van der Waals surface area contributed by atoms with Crippen molar-refractivity contribution in [1.29, 1.82) is 0 Å². The van der Waals surface area contributed by atoms with E-state index in [9.17, 15) is 9.59 Å².